The Kier molecular flexibility index (Phi) is 4.24. The van der Waals surface area contributed by atoms with Gasteiger partial charge in [-0.2, -0.15) is 0 Å². The van der Waals surface area contributed by atoms with E-state index in [2.05, 4.69) is 5.32 Å². The van der Waals surface area contributed by atoms with Gasteiger partial charge in [-0.1, -0.05) is 6.07 Å². The molecular formula is C11H14FNO2. The summed E-state index contributed by atoms with van der Waals surface area (Å²) in [5, 5.41) is 2.84. The average Bonchev–Trinajstić information content (AvgIpc) is 2.26. The number of hydrogen-bond acceptors (Lipinski definition) is 3. The Labute approximate surface area is 88.2 Å². The van der Waals surface area contributed by atoms with Crippen molar-refractivity contribution in [2.24, 2.45) is 0 Å². The first kappa shape index (κ1) is 11.7. The molecule has 0 aromatic heterocycles. The Balaban J connectivity index is 2.89. The van der Waals surface area contributed by atoms with E-state index in [-0.39, 0.29) is 23.5 Å². The van der Waals surface area contributed by atoms with Crippen molar-refractivity contribution in [1.29, 1.82) is 0 Å². The first-order valence-corrected chi connectivity index (χ1v) is 4.71. The molecule has 15 heavy (non-hydrogen) atoms. The van der Waals surface area contributed by atoms with Crippen LogP contribution in [0.15, 0.2) is 18.2 Å². The van der Waals surface area contributed by atoms with Gasteiger partial charge in [0.15, 0.2) is 17.3 Å². The Morgan fingerprint density at radius 2 is 2.27 bits per heavy atom. The summed E-state index contributed by atoms with van der Waals surface area (Å²) >= 11 is 0. The number of rotatable bonds is 5. The molecule has 0 aliphatic rings. The van der Waals surface area contributed by atoms with Crippen molar-refractivity contribution in [1.82, 2.24) is 5.32 Å². The fourth-order valence-corrected chi connectivity index (χ4v) is 1.26. The predicted molar refractivity (Wildman–Crippen MR) is 55.8 cm³/mol. The summed E-state index contributed by atoms with van der Waals surface area (Å²) < 4.78 is 18.4. The van der Waals surface area contributed by atoms with Gasteiger partial charge in [0.1, 0.15) is 0 Å². The van der Waals surface area contributed by atoms with Gasteiger partial charge in [-0.15, -0.1) is 0 Å². The number of benzene rings is 1. The van der Waals surface area contributed by atoms with Crippen molar-refractivity contribution in [3.05, 3.63) is 29.6 Å². The van der Waals surface area contributed by atoms with Crippen molar-refractivity contribution >= 4 is 5.78 Å². The molecule has 4 heteroatoms. The van der Waals surface area contributed by atoms with Crippen LogP contribution in [0.1, 0.15) is 16.8 Å². The summed E-state index contributed by atoms with van der Waals surface area (Å²) in [6, 6.07) is 4.56. The molecule has 0 aliphatic carbocycles. The van der Waals surface area contributed by atoms with Crippen LogP contribution in [0.3, 0.4) is 0 Å². The van der Waals surface area contributed by atoms with E-state index in [4.69, 9.17) is 4.74 Å². The van der Waals surface area contributed by atoms with Crippen LogP contribution in [0.4, 0.5) is 4.39 Å². The zero-order valence-electron chi connectivity index (χ0n) is 8.84. The molecule has 0 unspecified atom stereocenters. The fourth-order valence-electron chi connectivity index (χ4n) is 1.26. The second-order valence-corrected chi connectivity index (χ2v) is 3.10. The first-order chi connectivity index (χ1) is 7.20. The number of nitrogens with one attached hydrogen (secondary N) is 1. The lowest BCUT2D eigenvalue weighted by Gasteiger charge is -2.06. The number of ketones is 1. The molecule has 1 aromatic rings. The van der Waals surface area contributed by atoms with E-state index in [1.165, 1.54) is 19.2 Å². The molecule has 0 bridgehead atoms. The van der Waals surface area contributed by atoms with Crippen molar-refractivity contribution in [3.8, 4) is 5.75 Å². The lowest BCUT2D eigenvalue weighted by molar-refractivity contribution is 0.0978. The van der Waals surface area contributed by atoms with Crippen LogP contribution in [0.5, 0.6) is 5.75 Å². The van der Waals surface area contributed by atoms with Crippen LogP contribution in [0, 0.1) is 5.82 Å². The van der Waals surface area contributed by atoms with E-state index in [9.17, 15) is 9.18 Å². The van der Waals surface area contributed by atoms with E-state index >= 15 is 0 Å². The highest BCUT2D eigenvalue weighted by atomic mass is 19.1. The third kappa shape index (κ3) is 2.76. The average molecular weight is 211 g/mol. The molecule has 82 valence electrons. The smallest absolute Gasteiger partial charge is 0.175 e. The highest BCUT2D eigenvalue weighted by Crippen LogP contribution is 2.20. The molecule has 0 aliphatic heterocycles. The highest BCUT2D eigenvalue weighted by molar-refractivity contribution is 5.96. The van der Waals surface area contributed by atoms with Gasteiger partial charge in [0.25, 0.3) is 0 Å². The number of hydrogen-bond donors (Lipinski definition) is 1. The Morgan fingerprint density at radius 1 is 1.53 bits per heavy atom. The number of ether oxygens (including phenoxy) is 1. The molecule has 0 atom stereocenters. The number of carbonyl (C=O) groups is 1. The fraction of sp³-hybridized carbons (Fsp3) is 0.364. The van der Waals surface area contributed by atoms with Crippen molar-refractivity contribution < 1.29 is 13.9 Å². The number of halogens is 1. The van der Waals surface area contributed by atoms with Crippen LogP contribution in [0.25, 0.3) is 0 Å². The standard InChI is InChI=1S/C11H14FNO2/c1-13-7-6-9(14)8-4-3-5-10(15-2)11(8)12/h3-5,13H,6-7H2,1-2H3. The maximum absolute atomic E-state index is 13.6. The lowest BCUT2D eigenvalue weighted by atomic mass is 10.1. The van der Waals surface area contributed by atoms with Gasteiger partial charge in [-0.05, 0) is 19.2 Å². The predicted octanol–water partition coefficient (Wildman–Crippen LogP) is 1.63. The highest BCUT2D eigenvalue weighted by Gasteiger charge is 2.14. The Bertz CT molecular complexity index is 352. The van der Waals surface area contributed by atoms with Gasteiger partial charge >= 0.3 is 0 Å². The largest absolute Gasteiger partial charge is 0.494 e. The molecule has 0 saturated heterocycles. The van der Waals surface area contributed by atoms with Gasteiger partial charge in [-0.3, -0.25) is 4.79 Å². The monoisotopic (exact) mass is 211 g/mol. The Hall–Kier alpha value is -1.42. The summed E-state index contributed by atoms with van der Waals surface area (Å²) in [5.74, 6) is -0.702. The third-order valence-corrected chi connectivity index (χ3v) is 2.09. The molecule has 1 N–H and O–H groups in total. The summed E-state index contributed by atoms with van der Waals surface area (Å²) in [4.78, 5) is 11.6. The van der Waals surface area contributed by atoms with E-state index in [1.54, 1.807) is 13.1 Å². The number of methoxy groups -OCH3 is 1. The summed E-state index contributed by atoms with van der Waals surface area (Å²) in [7, 11) is 3.12. The maximum atomic E-state index is 13.6. The quantitative estimate of drug-likeness (QED) is 0.752. The van der Waals surface area contributed by atoms with Gasteiger partial charge in [0, 0.05) is 13.0 Å². The molecule has 0 radical (unpaired) electrons. The number of Topliss-reactive ketones (excluding diaryl/α,β-unsaturated/α-hetero) is 1. The van der Waals surface area contributed by atoms with Gasteiger partial charge < -0.3 is 10.1 Å². The second-order valence-electron chi connectivity index (χ2n) is 3.10. The molecule has 0 amide bonds. The molecule has 0 fully saturated rings. The minimum Gasteiger partial charge on any atom is -0.494 e. The third-order valence-electron chi connectivity index (χ3n) is 2.09. The van der Waals surface area contributed by atoms with Gasteiger partial charge in [0.2, 0.25) is 0 Å². The topological polar surface area (TPSA) is 38.3 Å². The molecule has 3 nitrogen and oxygen atoms in total. The normalized spacial score (nSPS) is 10.1. The van der Waals surface area contributed by atoms with Crippen molar-refractivity contribution in [3.63, 3.8) is 0 Å². The molecule has 0 heterocycles. The lowest BCUT2D eigenvalue weighted by Crippen LogP contribution is -2.14. The van der Waals surface area contributed by atoms with Gasteiger partial charge in [-0.25, -0.2) is 4.39 Å². The van der Waals surface area contributed by atoms with Crippen LogP contribution in [0.2, 0.25) is 0 Å². The van der Waals surface area contributed by atoms with Gasteiger partial charge in [0.05, 0.1) is 12.7 Å². The van der Waals surface area contributed by atoms with E-state index < -0.39 is 5.82 Å². The van der Waals surface area contributed by atoms with Crippen LogP contribution < -0.4 is 10.1 Å². The summed E-state index contributed by atoms with van der Waals surface area (Å²) in [5.41, 5.74) is 0.0876. The minimum atomic E-state index is -0.582. The molecule has 1 aromatic carbocycles. The molecule has 1 rings (SSSR count). The van der Waals surface area contributed by atoms with E-state index in [1.807, 2.05) is 0 Å². The maximum Gasteiger partial charge on any atom is 0.175 e. The van der Waals surface area contributed by atoms with Crippen molar-refractivity contribution in [2.45, 2.75) is 6.42 Å². The van der Waals surface area contributed by atoms with E-state index in [0.717, 1.165) is 0 Å². The molecule has 0 spiro atoms. The van der Waals surface area contributed by atoms with Crippen molar-refractivity contribution in [2.75, 3.05) is 20.7 Å². The number of carbonyl (C=O) groups excluding carboxylic acids is 1. The minimum absolute atomic E-state index is 0.0876. The molecule has 0 saturated carbocycles. The summed E-state index contributed by atoms with van der Waals surface area (Å²) in [6.07, 6.45) is 0.278. The first-order valence-electron chi connectivity index (χ1n) is 4.71. The zero-order chi connectivity index (χ0) is 11.3. The molecular weight excluding hydrogens is 197 g/mol. The summed E-state index contributed by atoms with van der Waals surface area (Å²) in [6.45, 7) is 0.537. The van der Waals surface area contributed by atoms with Crippen LogP contribution in [-0.4, -0.2) is 26.5 Å². The Morgan fingerprint density at radius 3 is 2.87 bits per heavy atom. The van der Waals surface area contributed by atoms with Crippen LogP contribution >= 0.6 is 0 Å². The zero-order valence-corrected chi connectivity index (χ0v) is 8.84. The SMILES string of the molecule is CNCCC(=O)c1cccc(OC)c1F. The van der Waals surface area contributed by atoms with Crippen LogP contribution in [-0.2, 0) is 0 Å². The second kappa shape index (κ2) is 5.46. The van der Waals surface area contributed by atoms with E-state index in [0.29, 0.717) is 6.54 Å².